The highest BCUT2D eigenvalue weighted by Crippen LogP contribution is 2.32. The van der Waals surface area contributed by atoms with E-state index in [0.717, 1.165) is 0 Å². The fourth-order valence-corrected chi connectivity index (χ4v) is 4.23. The van der Waals surface area contributed by atoms with E-state index in [0.29, 0.717) is 23.8 Å². The molecule has 0 aromatic heterocycles. The Bertz CT molecular complexity index is 850. The third-order valence-corrected chi connectivity index (χ3v) is 5.47. The van der Waals surface area contributed by atoms with Gasteiger partial charge >= 0.3 is 0 Å². The molecule has 3 rings (SSSR count). The second-order valence-corrected chi connectivity index (χ2v) is 7.15. The number of carbonyl (C=O) groups excluding carboxylic acids is 1. The Morgan fingerprint density at radius 3 is 2.50 bits per heavy atom. The molecule has 2 aromatic carbocycles. The van der Waals surface area contributed by atoms with Crippen LogP contribution < -0.4 is 10.6 Å². The summed E-state index contributed by atoms with van der Waals surface area (Å²) in [6.45, 7) is 0.799. The van der Waals surface area contributed by atoms with Crippen molar-refractivity contribution in [2.75, 3.05) is 18.4 Å². The smallest absolute Gasteiger partial charge is 0.252 e. The Balaban J connectivity index is 2.31. The standard InChI is InChI=1S/C15H13ClN2O3S/c16-10-5-6-12-14(9-10)22(20,21)13-4-2-1-3-11(13)15(19)18-8-7-17-12/h1-6,9,17H,7-8H2,(H,18,19). The summed E-state index contributed by atoms with van der Waals surface area (Å²) in [7, 11) is -3.86. The number of benzene rings is 2. The first-order valence-corrected chi connectivity index (χ1v) is 8.52. The molecule has 1 aliphatic rings. The van der Waals surface area contributed by atoms with Gasteiger partial charge in [-0.15, -0.1) is 0 Å². The minimum absolute atomic E-state index is 0.0280. The van der Waals surface area contributed by atoms with Crippen molar-refractivity contribution in [3.05, 3.63) is 53.1 Å². The lowest BCUT2D eigenvalue weighted by molar-refractivity contribution is 0.0952. The van der Waals surface area contributed by atoms with Gasteiger partial charge in [0.05, 0.1) is 21.0 Å². The first-order chi connectivity index (χ1) is 10.5. The van der Waals surface area contributed by atoms with E-state index in [1.807, 2.05) is 0 Å². The van der Waals surface area contributed by atoms with Crippen molar-refractivity contribution in [3.8, 4) is 0 Å². The van der Waals surface area contributed by atoms with Gasteiger partial charge in [0, 0.05) is 18.1 Å². The Kier molecular flexibility index (Phi) is 3.80. The van der Waals surface area contributed by atoms with Gasteiger partial charge in [-0.3, -0.25) is 4.79 Å². The van der Waals surface area contributed by atoms with Crippen molar-refractivity contribution < 1.29 is 13.2 Å². The van der Waals surface area contributed by atoms with Crippen LogP contribution in [0.25, 0.3) is 0 Å². The lowest BCUT2D eigenvalue weighted by Gasteiger charge is -2.17. The third-order valence-electron chi connectivity index (χ3n) is 3.38. The zero-order valence-electron chi connectivity index (χ0n) is 11.5. The fourth-order valence-electron chi connectivity index (χ4n) is 2.34. The molecule has 7 heteroatoms. The molecular formula is C15H13ClN2O3S. The maximum absolute atomic E-state index is 13.0. The van der Waals surface area contributed by atoms with Crippen LogP contribution in [0.5, 0.6) is 0 Å². The van der Waals surface area contributed by atoms with Crippen LogP contribution in [0, 0.1) is 0 Å². The molecule has 0 bridgehead atoms. The lowest BCUT2D eigenvalue weighted by Crippen LogP contribution is -2.31. The highest BCUT2D eigenvalue weighted by atomic mass is 35.5. The average molecular weight is 337 g/mol. The summed E-state index contributed by atoms with van der Waals surface area (Å²) in [5.74, 6) is -0.411. The molecule has 1 amide bonds. The van der Waals surface area contributed by atoms with Gasteiger partial charge in [0.2, 0.25) is 9.84 Å². The lowest BCUT2D eigenvalue weighted by atomic mass is 10.2. The minimum atomic E-state index is -3.86. The van der Waals surface area contributed by atoms with Gasteiger partial charge in [-0.2, -0.15) is 0 Å². The molecule has 0 aliphatic carbocycles. The van der Waals surface area contributed by atoms with Gasteiger partial charge in [-0.1, -0.05) is 23.7 Å². The number of carbonyl (C=O) groups is 1. The van der Waals surface area contributed by atoms with E-state index in [1.165, 1.54) is 18.2 Å². The van der Waals surface area contributed by atoms with E-state index in [9.17, 15) is 13.2 Å². The monoisotopic (exact) mass is 336 g/mol. The molecule has 2 aromatic rings. The zero-order chi connectivity index (χ0) is 15.7. The van der Waals surface area contributed by atoms with E-state index < -0.39 is 15.7 Å². The summed E-state index contributed by atoms with van der Waals surface area (Å²) in [5.41, 5.74) is 0.602. The molecule has 0 saturated heterocycles. The number of rotatable bonds is 0. The zero-order valence-corrected chi connectivity index (χ0v) is 13.0. The molecule has 0 atom stereocenters. The van der Waals surface area contributed by atoms with E-state index in [1.54, 1.807) is 24.3 Å². The first-order valence-electron chi connectivity index (χ1n) is 6.66. The van der Waals surface area contributed by atoms with E-state index in [2.05, 4.69) is 10.6 Å². The Morgan fingerprint density at radius 2 is 1.68 bits per heavy atom. The first kappa shape index (κ1) is 14.9. The predicted molar refractivity (Wildman–Crippen MR) is 84.2 cm³/mol. The summed E-state index contributed by atoms with van der Waals surface area (Å²) in [6, 6.07) is 10.8. The Morgan fingerprint density at radius 1 is 0.955 bits per heavy atom. The van der Waals surface area contributed by atoms with Crippen molar-refractivity contribution in [2.45, 2.75) is 9.79 Å². The number of fused-ring (bicyclic) bond motifs is 2. The van der Waals surface area contributed by atoms with Crippen LogP contribution in [-0.4, -0.2) is 27.4 Å². The van der Waals surface area contributed by atoms with Gasteiger partial charge in [0.25, 0.3) is 5.91 Å². The molecule has 1 heterocycles. The quantitative estimate of drug-likeness (QED) is 0.774. The predicted octanol–water partition coefficient (Wildman–Crippen LogP) is 2.33. The Hall–Kier alpha value is -2.05. The molecule has 0 saturated carbocycles. The Labute approximate surface area is 133 Å². The van der Waals surface area contributed by atoms with Crippen LogP contribution in [0.1, 0.15) is 10.4 Å². The van der Waals surface area contributed by atoms with Crippen LogP contribution in [0.2, 0.25) is 5.02 Å². The molecule has 114 valence electrons. The summed E-state index contributed by atoms with van der Waals surface area (Å²) in [6.07, 6.45) is 0. The second kappa shape index (κ2) is 5.62. The molecule has 0 radical (unpaired) electrons. The summed E-state index contributed by atoms with van der Waals surface area (Å²) in [4.78, 5) is 12.2. The van der Waals surface area contributed by atoms with Crippen LogP contribution in [-0.2, 0) is 9.84 Å². The third kappa shape index (κ3) is 2.55. The highest BCUT2D eigenvalue weighted by Gasteiger charge is 2.27. The van der Waals surface area contributed by atoms with E-state index in [-0.39, 0.29) is 15.4 Å². The molecule has 0 fully saturated rings. The molecule has 2 N–H and O–H groups in total. The average Bonchev–Trinajstić information content (AvgIpc) is 2.51. The van der Waals surface area contributed by atoms with Gasteiger partial charge in [0.15, 0.2) is 0 Å². The van der Waals surface area contributed by atoms with Gasteiger partial charge in [-0.25, -0.2) is 8.42 Å². The van der Waals surface area contributed by atoms with Gasteiger partial charge in [0.1, 0.15) is 0 Å². The van der Waals surface area contributed by atoms with Crippen LogP contribution in [0.15, 0.2) is 52.3 Å². The summed E-state index contributed by atoms with van der Waals surface area (Å²) < 4.78 is 25.9. The van der Waals surface area contributed by atoms with Crippen molar-refractivity contribution in [1.82, 2.24) is 5.32 Å². The molecule has 1 aliphatic heterocycles. The summed E-state index contributed by atoms with van der Waals surface area (Å²) >= 11 is 5.96. The topological polar surface area (TPSA) is 75.3 Å². The molecule has 0 unspecified atom stereocenters. The maximum atomic E-state index is 13.0. The van der Waals surface area contributed by atoms with Gasteiger partial charge in [-0.05, 0) is 30.3 Å². The van der Waals surface area contributed by atoms with Crippen LogP contribution in [0.3, 0.4) is 0 Å². The van der Waals surface area contributed by atoms with Crippen molar-refractivity contribution in [2.24, 2.45) is 0 Å². The number of hydrogen-bond acceptors (Lipinski definition) is 4. The minimum Gasteiger partial charge on any atom is -0.382 e. The molecule has 5 nitrogen and oxygen atoms in total. The van der Waals surface area contributed by atoms with E-state index in [4.69, 9.17) is 11.6 Å². The SMILES string of the molecule is O=C1NCCNc2ccc(Cl)cc2S(=O)(=O)c2ccccc21. The van der Waals surface area contributed by atoms with Crippen molar-refractivity contribution in [1.29, 1.82) is 0 Å². The normalized spacial score (nSPS) is 16.7. The van der Waals surface area contributed by atoms with Crippen LogP contribution >= 0.6 is 11.6 Å². The van der Waals surface area contributed by atoms with Crippen molar-refractivity contribution in [3.63, 3.8) is 0 Å². The molecular weight excluding hydrogens is 324 g/mol. The highest BCUT2D eigenvalue weighted by molar-refractivity contribution is 7.91. The molecule has 0 spiro atoms. The summed E-state index contributed by atoms with van der Waals surface area (Å²) in [5, 5.41) is 6.03. The van der Waals surface area contributed by atoms with Gasteiger partial charge < -0.3 is 10.6 Å². The number of halogens is 1. The largest absolute Gasteiger partial charge is 0.382 e. The molecule has 22 heavy (non-hydrogen) atoms. The van der Waals surface area contributed by atoms with Crippen molar-refractivity contribution >= 4 is 33.0 Å². The fraction of sp³-hybridized carbons (Fsp3) is 0.133. The number of hydrogen-bond donors (Lipinski definition) is 2. The van der Waals surface area contributed by atoms with E-state index >= 15 is 0 Å². The number of sulfone groups is 1. The van der Waals surface area contributed by atoms with Crippen LogP contribution in [0.4, 0.5) is 5.69 Å². The maximum Gasteiger partial charge on any atom is 0.252 e. The number of anilines is 1. The second-order valence-electron chi connectivity index (χ2n) is 4.82. The number of nitrogens with one attached hydrogen (secondary N) is 2. The number of amides is 1.